The van der Waals surface area contributed by atoms with Gasteiger partial charge in [0.15, 0.2) is 11.5 Å². The van der Waals surface area contributed by atoms with Gasteiger partial charge in [0.2, 0.25) is 5.91 Å². The Bertz CT molecular complexity index is 849. The van der Waals surface area contributed by atoms with Crippen molar-refractivity contribution in [2.45, 2.75) is 71.0 Å². The molecule has 1 aromatic heterocycles. The molecule has 0 atom stereocenters. The van der Waals surface area contributed by atoms with Crippen LogP contribution in [0.2, 0.25) is 0 Å². The predicted octanol–water partition coefficient (Wildman–Crippen LogP) is 3.98. The number of carbonyl (C=O) groups excluding carboxylic acids is 2. The van der Waals surface area contributed by atoms with Crippen molar-refractivity contribution in [2.75, 3.05) is 0 Å². The van der Waals surface area contributed by atoms with E-state index in [2.05, 4.69) is 10.5 Å². The van der Waals surface area contributed by atoms with Crippen LogP contribution < -0.4 is 5.32 Å². The molecule has 2 aliphatic carbocycles. The fourth-order valence-corrected chi connectivity index (χ4v) is 3.99. The third kappa shape index (κ3) is 5.05. The first-order chi connectivity index (χ1) is 14.1. The minimum atomic E-state index is -0.265. The lowest BCUT2D eigenvalue weighted by Crippen LogP contribution is -2.41. The van der Waals surface area contributed by atoms with E-state index in [4.69, 9.17) is 4.52 Å². The Kier molecular flexibility index (Phi) is 5.97. The number of amides is 2. The fourth-order valence-electron chi connectivity index (χ4n) is 3.99. The lowest BCUT2D eigenvalue weighted by Gasteiger charge is -2.34. The first-order valence-electron chi connectivity index (χ1n) is 10.7. The zero-order chi connectivity index (χ0) is 20.2. The molecule has 0 saturated heterocycles. The number of benzene rings is 1. The van der Waals surface area contributed by atoms with E-state index in [9.17, 15) is 9.59 Å². The van der Waals surface area contributed by atoms with Crippen molar-refractivity contribution >= 4 is 11.8 Å². The highest BCUT2D eigenvalue weighted by atomic mass is 16.5. The highest BCUT2D eigenvalue weighted by molar-refractivity contribution is 5.92. The van der Waals surface area contributed by atoms with E-state index in [1.807, 2.05) is 36.1 Å². The van der Waals surface area contributed by atoms with Gasteiger partial charge < -0.3 is 14.7 Å². The van der Waals surface area contributed by atoms with Gasteiger partial charge in [-0.15, -0.1) is 0 Å². The molecule has 154 valence electrons. The van der Waals surface area contributed by atoms with Gasteiger partial charge in [0.05, 0.1) is 6.54 Å². The molecule has 2 fully saturated rings. The fraction of sp³-hybridized carbons (Fsp3) is 0.522. The molecule has 4 rings (SSSR count). The zero-order valence-electron chi connectivity index (χ0n) is 17.0. The maximum atomic E-state index is 12.8. The summed E-state index contributed by atoms with van der Waals surface area (Å²) >= 11 is 0. The lowest BCUT2D eigenvalue weighted by molar-refractivity contribution is -0.136. The quantitative estimate of drug-likeness (QED) is 0.769. The van der Waals surface area contributed by atoms with Crippen LogP contribution in [0.4, 0.5) is 0 Å². The highest BCUT2D eigenvalue weighted by Gasteiger charge is 2.37. The summed E-state index contributed by atoms with van der Waals surface area (Å²) in [6.07, 6.45) is 7.67. The molecule has 0 spiro atoms. The Morgan fingerprint density at radius 3 is 2.52 bits per heavy atom. The summed E-state index contributed by atoms with van der Waals surface area (Å²) in [6.45, 7) is 2.87. The number of aryl methyl sites for hydroxylation is 1. The van der Waals surface area contributed by atoms with E-state index in [0.717, 1.165) is 31.2 Å². The number of hydrogen-bond donors (Lipinski definition) is 1. The van der Waals surface area contributed by atoms with Gasteiger partial charge in [-0.25, -0.2) is 0 Å². The molecule has 2 saturated carbocycles. The van der Waals surface area contributed by atoms with Crippen molar-refractivity contribution in [1.82, 2.24) is 15.4 Å². The molecular formula is C23H29N3O3. The molecule has 0 unspecified atom stereocenters. The monoisotopic (exact) mass is 395 g/mol. The average molecular weight is 396 g/mol. The summed E-state index contributed by atoms with van der Waals surface area (Å²) in [4.78, 5) is 27.2. The van der Waals surface area contributed by atoms with Crippen LogP contribution in [-0.2, 0) is 17.9 Å². The molecule has 1 N–H and O–H groups in total. The molecule has 29 heavy (non-hydrogen) atoms. The topological polar surface area (TPSA) is 75.4 Å². The summed E-state index contributed by atoms with van der Waals surface area (Å²) in [5.41, 5.74) is 2.48. The first-order valence-corrected chi connectivity index (χ1v) is 10.7. The molecule has 2 aliphatic rings. The van der Waals surface area contributed by atoms with Crippen LogP contribution in [0.3, 0.4) is 0 Å². The standard InChI is InChI=1S/C23H29N3O3/c1-16-7-9-17(10-8-16)14-24-22(27)21-13-20(29-25-21)15-26(23(28)18-11-12-18)19-5-3-2-4-6-19/h7-10,13,18-19H,2-6,11-12,14-15H2,1H3,(H,24,27). The minimum absolute atomic E-state index is 0.178. The van der Waals surface area contributed by atoms with Crippen molar-refractivity contribution in [2.24, 2.45) is 5.92 Å². The molecule has 6 heteroatoms. The molecule has 0 bridgehead atoms. The Morgan fingerprint density at radius 1 is 1.10 bits per heavy atom. The van der Waals surface area contributed by atoms with Crippen LogP contribution in [0.25, 0.3) is 0 Å². The van der Waals surface area contributed by atoms with E-state index < -0.39 is 0 Å². The van der Waals surface area contributed by atoms with Gasteiger partial charge in [0, 0.05) is 24.6 Å². The van der Waals surface area contributed by atoms with Gasteiger partial charge in [-0.1, -0.05) is 54.2 Å². The second-order valence-corrected chi connectivity index (χ2v) is 8.38. The number of hydrogen-bond acceptors (Lipinski definition) is 4. The van der Waals surface area contributed by atoms with Crippen LogP contribution in [0.5, 0.6) is 0 Å². The van der Waals surface area contributed by atoms with Crippen LogP contribution in [0, 0.1) is 12.8 Å². The largest absolute Gasteiger partial charge is 0.359 e. The Labute approximate surface area is 171 Å². The van der Waals surface area contributed by atoms with Gasteiger partial charge >= 0.3 is 0 Å². The average Bonchev–Trinajstić information content (AvgIpc) is 3.49. The minimum Gasteiger partial charge on any atom is -0.359 e. The zero-order valence-corrected chi connectivity index (χ0v) is 17.0. The summed E-state index contributed by atoms with van der Waals surface area (Å²) in [5.74, 6) is 0.721. The summed E-state index contributed by atoms with van der Waals surface area (Å²) < 4.78 is 5.42. The van der Waals surface area contributed by atoms with Crippen molar-refractivity contribution in [3.8, 4) is 0 Å². The smallest absolute Gasteiger partial charge is 0.273 e. The normalized spacial score (nSPS) is 17.1. The van der Waals surface area contributed by atoms with Crippen LogP contribution in [0.1, 0.15) is 72.3 Å². The molecule has 0 aliphatic heterocycles. The maximum Gasteiger partial charge on any atom is 0.273 e. The first kappa shape index (κ1) is 19.7. The molecule has 0 radical (unpaired) electrons. The number of rotatable bonds is 7. The van der Waals surface area contributed by atoms with E-state index >= 15 is 0 Å². The highest BCUT2D eigenvalue weighted by Crippen LogP contribution is 2.34. The van der Waals surface area contributed by atoms with Gasteiger partial charge in [-0.05, 0) is 38.2 Å². The van der Waals surface area contributed by atoms with Gasteiger partial charge in [-0.3, -0.25) is 9.59 Å². The predicted molar refractivity (Wildman–Crippen MR) is 109 cm³/mol. The third-order valence-corrected chi connectivity index (χ3v) is 5.92. The number of nitrogens with one attached hydrogen (secondary N) is 1. The lowest BCUT2D eigenvalue weighted by atomic mass is 9.93. The summed E-state index contributed by atoms with van der Waals surface area (Å²) in [7, 11) is 0. The Hall–Kier alpha value is -2.63. The summed E-state index contributed by atoms with van der Waals surface area (Å²) in [5, 5.41) is 6.81. The molecular weight excluding hydrogens is 366 g/mol. The second-order valence-electron chi connectivity index (χ2n) is 8.38. The summed E-state index contributed by atoms with van der Waals surface area (Å²) in [6, 6.07) is 9.98. The SMILES string of the molecule is Cc1ccc(CNC(=O)c2cc(CN(C(=O)C3CC3)C3CCCCC3)on2)cc1. The van der Waals surface area contributed by atoms with Crippen LogP contribution in [-0.4, -0.2) is 27.9 Å². The third-order valence-electron chi connectivity index (χ3n) is 5.92. The van der Waals surface area contributed by atoms with Gasteiger partial charge in [0.25, 0.3) is 5.91 Å². The van der Waals surface area contributed by atoms with Crippen molar-refractivity contribution in [3.63, 3.8) is 0 Å². The molecule has 1 heterocycles. The van der Waals surface area contributed by atoms with E-state index in [-0.39, 0.29) is 29.5 Å². The molecule has 1 aromatic carbocycles. The maximum absolute atomic E-state index is 12.8. The van der Waals surface area contributed by atoms with E-state index in [1.165, 1.54) is 24.8 Å². The van der Waals surface area contributed by atoms with Crippen molar-refractivity contribution in [1.29, 1.82) is 0 Å². The van der Waals surface area contributed by atoms with Crippen molar-refractivity contribution < 1.29 is 14.1 Å². The van der Waals surface area contributed by atoms with E-state index in [0.29, 0.717) is 18.8 Å². The Balaban J connectivity index is 1.37. The van der Waals surface area contributed by atoms with Gasteiger partial charge in [0.1, 0.15) is 0 Å². The molecule has 2 aromatic rings. The van der Waals surface area contributed by atoms with E-state index in [1.54, 1.807) is 6.07 Å². The Morgan fingerprint density at radius 2 is 1.83 bits per heavy atom. The second kappa shape index (κ2) is 8.80. The van der Waals surface area contributed by atoms with Crippen LogP contribution >= 0.6 is 0 Å². The number of carbonyl (C=O) groups is 2. The molecule has 6 nitrogen and oxygen atoms in total. The van der Waals surface area contributed by atoms with Crippen LogP contribution in [0.15, 0.2) is 34.9 Å². The van der Waals surface area contributed by atoms with Gasteiger partial charge in [-0.2, -0.15) is 0 Å². The number of nitrogens with zero attached hydrogens (tertiary/aromatic N) is 2. The number of aromatic nitrogens is 1. The molecule has 2 amide bonds. The van der Waals surface area contributed by atoms with Crippen molar-refractivity contribution in [3.05, 3.63) is 52.9 Å².